The summed E-state index contributed by atoms with van der Waals surface area (Å²) in [4.78, 5) is 36.6. The molecule has 0 amide bonds. The highest BCUT2D eigenvalue weighted by Gasteiger charge is 2.21. The number of carboxylic acids is 1. The Kier molecular flexibility index (Phi) is 29.1. The first-order chi connectivity index (χ1) is 22.1. The van der Waals surface area contributed by atoms with Gasteiger partial charge in [0.15, 0.2) is 12.4 Å². The van der Waals surface area contributed by atoms with Gasteiger partial charge in [-0.15, -0.1) is 0 Å². The monoisotopic (exact) mass is 656 g/mol. The van der Waals surface area contributed by atoms with Crippen LogP contribution in [0.15, 0.2) is 12.2 Å². The lowest BCUT2D eigenvalue weighted by Gasteiger charge is -2.26. The standard InChI is InChI=1S/C37H69NO8/c1-6-8-10-12-14-16-17-18-19-20-22-24-26-28-35(40)46-33(32-45-37(36(41)42)43-30-29-38(3,4)5)31-44-34(39)27-25-23-21-15-13-11-9-7-2/h16-17,33,37H,6-15,18-32H2,1-5H3/b17-16-. The third-order valence-corrected chi connectivity index (χ3v) is 7.76. The van der Waals surface area contributed by atoms with Crippen molar-refractivity contribution in [3.05, 3.63) is 12.2 Å². The Bertz CT molecular complexity index is 780. The van der Waals surface area contributed by atoms with E-state index in [9.17, 15) is 19.5 Å². The summed E-state index contributed by atoms with van der Waals surface area (Å²) in [6.07, 6.45) is 23.9. The van der Waals surface area contributed by atoms with Crippen LogP contribution in [0, 0.1) is 0 Å². The van der Waals surface area contributed by atoms with Crippen LogP contribution in [0.2, 0.25) is 0 Å². The Labute approximate surface area is 281 Å². The highest BCUT2D eigenvalue weighted by atomic mass is 16.7. The van der Waals surface area contributed by atoms with Crippen LogP contribution in [0.25, 0.3) is 0 Å². The molecule has 270 valence electrons. The number of allylic oxidation sites excluding steroid dienone is 2. The molecule has 2 atom stereocenters. The van der Waals surface area contributed by atoms with Crippen molar-refractivity contribution in [3.8, 4) is 0 Å². The first-order valence-electron chi connectivity index (χ1n) is 18.3. The number of aliphatic carboxylic acids is 1. The molecule has 2 unspecified atom stereocenters. The number of quaternary nitrogens is 1. The van der Waals surface area contributed by atoms with Gasteiger partial charge in [-0.25, -0.2) is 0 Å². The minimum atomic E-state index is -1.61. The van der Waals surface area contributed by atoms with Crippen LogP contribution in [0.5, 0.6) is 0 Å². The van der Waals surface area contributed by atoms with E-state index in [-0.39, 0.29) is 32.2 Å². The normalized spacial score (nSPS) is 13.2. The fourth-order valence-corrected chi connectivity index (χ4v) is 4.82. The number of likely N-dealkylation sites (N-methyl/N-ethyl adjacent to an activating group) is 1. The van der Waals surface area contributed by atoms with Crippen LogP contribution in [0.4, 0.5) is 0 Å². The average Bonchev–Trinajstić information content (AvgIpc) is 3.00. The highest BCUT2D eigenvalue weighted by molar-refractivity contribution is 5.70. The molecule has 9 nitrogen and oxygen atoms in total. The molecular weight excluding hydrogens is 586 g/mol. The molecule has 0 bridgehead atoms. The molecule has 0 aromatic carbocycles. The molecule has 0 rings (SSSR count). The summed E-state index contributed by atoms with van der Waals surface area (Å²) in [5.74, 6) is -2.30. The predicted molar refractivity (Wildman–Crippen MR) is 182 cm³/mol. The molecule has 0 aliphatic carbocycles. The van der Waals surface area contributed by atoms with Gasteiger partial charge in [-0.3, -0.25) is 9.59 Å². The number of rotatable bonds is 33. The average molecular weight is 656 g/mol. The summed E-state index contributed by atoms with van der Waals surface area (Å²) in [6.45, 7) is 4.66. The lowest BCUT2D eigenvalue weighted by molar-refractivity contribution is -0.870. The largest absolute Gasteiger partial charge is 0.545 e. The molecule has 46 heavy (non-hydrogen) atoms. The lowest BCUT2D eigenvalue weighted by Crippen LogP contribution is -2.44. The zero-order valence-corrected chi connectivity index (χ0v) is 30.2. The SMILES string of the molecule is CCCCCC/C=C\CCCCCCCC(=O)OC(COC(=O)CCCCCCCCCC)COC(OCC[N+](C)(C)C)C(=O)[O-]. The van der Waals surface area contributed by atoms with Crippen LogP contribution >= 0.6 is 0 Å². The summed E-state index contributed by atoms with van der Waals surface area (Å²) >= 11 is 0. The van der Waals surface area contributed by atoms with Crippen LogP contribution in [0.1, 0.15) is 149 Å². The molecule has 0 heterocycles. The fraction of sp³-hybridized carbons (Fsp3) is 0.865. The van der Waals surface area contributed by atoms with Gasteiger partial charge in [-0.2, -0.15) is 0 Å². The molecular formula is C37H69NO8. The van der Waals surface area contributed by atoms with Gasteiger partial charge in [0, 0.05) is 12.8 Å². The Morgan fingerprint density at radius 1 is 0.630 bits per heavy atom. The van der Waals surface area contributed by atoms with E-state index in [0.29, 0.717) is 23.9 Å². The van der Waals surface area contributed by atoms with Crippen molar-refractivity contribution < 1.29 is 42.9 Å². The molecule has 0 aliphatic rings. The maximum absolute atomic E-state index is 12.6. The summed E-state index contributed by atoms with van der Waals surface area (Å²) in [5.41, 5.74) is 0. The first kappa shape index (κ1) is 44.0. The van der Waals surface area contributed by atoms with Crippen LogP contribution in [-0.2, 0) is 33.3 Å². The summed E-state index contributed by atoms with van der Waals surface area (Å²) < 4.78 is 22.3. The van der Waals surface area contributed by atoms with Crippen molar-refractivity contribution in [2.24, 2.45) is 0 Å². The molecule has 0 saturated carbocycles. The topological polar surface area (TPSA) is 111 Å². The van der Waals surface area contributed by atoms with E-state index in [1.165, 1.54) is 64.2 Å². The number of hydrogen-bond acceptors (Lipinski definition) is 8. The van der Waals surface area contributed by atoms with Crippen molar-refractivity contribution in [1.82, 2.24) is 0 Å². The van der Waals surface area contributed by atoms with E-state index in [1.807, 2.05) is 21.1 Å². The molecule has 0 spiro atoms. The van der Waals surface area contributed by atoms with Crippen molar-refractivity contribution >= 4 is 17.9 Å². The molecule has 9 heteroatoms. The maximum Gasteiger partial charge on any atom is 0.306 e. The minimum Gasteiger partial charge on any atom is -0.545 e. The van der Waals surface area contributed by atoms with Gasteiger partial charge < -0.3 is 33.3 Å². The summed E-state index contributed by atoms with van der Waals surface area (Å²) in [7, 11) is 5.89. The Morgan fingerprint density at radius 2 is 1.11 bits per heavy atom. The molecule has 0 radical (unpaired) electrons. The van der Waals surface area contributed by atoms with E-state index in [0.717, 1.165) is 51.4 Å². The van der Waals surface area contributed by atoms with Gasteiger partial charge in [-0.1, -0.05) is 109 Å². The van der Waals surface area contributed by atoms with Crippen molar-refractivity contribution in [2.75, 3.05) is 47.5 Å². The second-order valence-corrected chi connectivity index (χ2v) is 13.5. The van der Waals surface area contributed by atoms with E-state index in [1.54, 1.807) is 0 Å². The Balaban J connectivity index is 4.57. The molecule has 0 fully saturated rings. The van der Waals surface area contributed by atoms with Gasteiger partial charge >= 0.3 is 11.9 Å². The quantitative estimate of drug-likeness (QED) is 0.0243. The zero-order chi connectivity index (χ0) is 34.3. The van der Waals surface area contributed by atoms with Gasteiger partial charge in [0.1, 0.15) is 13.2 Å². The number of nitrogens with zero attached hydrogens (tertiary/aromatic N) is 1. The van der Waals surface area contributed by atoms with Gasteiger partial charge in [-0.05, 0) is 38.5 Å². The molecule has 0 aliphatic heterocycles. The smallest absolute Gasteiger partial charge is 0.306 e. The minimum absolute atomic E-state index is 0.148. The van der Waals surface area contributed by atoms with E-state index in [4.69, 9.17) is 18.9 Å². The third kappa shape index (κ3) is 30.7. The number of carbonyl (C=O) groups excluding carboxylic acids is 3. The van der Waals surface area contributed by atoms with Gasteiger partial charge in [0.05, 0.1) is 40.3 Å². The Morgan fingerprint density at radius 3 is 1.63 bits per heavy atom. The second-order valence-electron chi connectivity index (χ2n) is 13.5. The second kappa shape index (κ2) is 30.4. The number of ether oxygens (including phenoxy) is 4. The van der Waals surface area contributed by atoms with Crippen molar-refractivity contribution in [3.63, 3.8) is 0 Å². The zero-order valence-electron chi connectivity index (χ0n) is 30.2. The summed E-state index contributed by atoms with van der Waals surface area (Å²) in [6, 6.07) is 0. The maximum atomic E-state index is 12.6. The number of hydrogen-bond donors (Lipinski definition) is 0. The predicted octanol–water partition coefficient (Wildman–Crippen LogP) is 7.04. The highest BCUT2D eigenvalue weighted by Crippen LogP contribution is 2.12. The van der Waals surface area contributed by atoms with Crippen molar-refractivity contribution in [2.45, 2.75) is 161 Å². The van der Waals surface area contributed by atoms with Gasteiger partial charge in [0.2, 0.25) is 0 Å². The fourth-order valence-electron chi connectivity index (χ4n) is 4.82. The van der Waals surface area contributed by atoms with E-state index >= 15 is 0 Å². The lowest BCUT2D eigenvalue weighted by atomic mass is 10.1. The molecule has 0 aromatic heterocycles. The number of carbonyl (C=O) groups is 3. The van der Waals surface area contributed by atoms with Crippen molar-refractivity contribution in [1.29, 1.82) is 0 Å². The molecule has 0 saturated heterocycles. The molecule has 0 aromatic rings. The first-order valence-corrected chi connectivity index (χ1v) is 18.3. The number of esters is 2. The number of unbranched alkanes of at least 4 members (excludes halogenated alkanes) is 16. The summed E-state index contributed by atoms with van der Waals surface area (Å²) in [5, 5.41) is 11.6. The Hall–Kier alpha value is -1.97. The number of carboxylic acid groups (broad SMARTS) is 1. The third-order valence-electron chi connectivity index (χ3n) is 7.76. The van der Waals surface area contributed by atoms with Crippen LogP contribution < -0.4 is 5.11 Å². The van der Waals surface area contributed by atoms with Gasteiger partial charge in [0.25, 0.3) is 0 Å². The van der Waals surface area contributed by atoms with E-state index < -0.39 is 24.3 Å². The van der Waals surface area contributed by atoms with Crippen LogP contribution in [0.3, 0.4) is 0 Å². The van der Waals surface area contributed by atoms with E-state index in [2.05, 4.69) is 26.0 Å². The van der Waals surface area contributed by atoms with Crippen LogP contribution in [-0.4, -0.2) is 82.3 Å². The molecule has 0 N–H and O–H groups in total.